The molecule has 3 nitrogen and oxygen atoms in total. The maximum Gasteiger partial charge on any atom is 0.122 e. The number of hydrogen-bond donors (Lipinski definition) is 1. The summed E-state index contributed by atoms with van der Waals surface area (Å²) in [5.74, 6) is 1.80. The van der Waals surface area contributed by atoms with E-state index in [0.29, 0.717) is 6.54 Å². The van der Waals surface area contributed by atoms with Gasteiger partial charge in [0.2, 0.25) is 0 Å². The first-order chi connectivity index (χ1) is 7.38. The van der Waals surface area contributed by atoms with Gasteiger partial charge >= 0.3 is 0 Å². The normalized spacial score (nSPS) is 16.1. The van der Waals surface area contributed by atoms with Crippen molar-refractivity contribution in [3.63, 3.8) is 0 Å². The lowest BCUT2D eigenvalue weighted by atomic mass is 9.83. The monoisotopic (exact) mass is 206 g/mol. The Labute approximate surface area is 90.7 Å². The summed E-state index contributed by atoms with van der Waals surface area (Å²) in [4.78, 5) is 4.12. The van der Waals surface area contributed by atoms with Gasteiger partial charge in [-0.15, -0.1) is 0 Å². The van der Waals surface area contributed by atoms with Crippen LogP contribution in [0.1, 0.15) is 31.4 Å². The number of nitrogens with two attached hydrogens (primary N) is 1. The Morgan fingerprint density at radius 1 is 1.47 bits per heavy atom. The topological polar surface area (TPSA) is 48.1 Å². The number of hydrogen-bond acceptors (Lipinski definition) is 3. The zero-order chi connectivity index (χ0) is 10.5. The van der Waals surface area contributed by atoms with E-state index < -0.39 is 0 Å². The summed E-state index contributed by atoms with van der Waals surface area (Å²) in [6.45, 7) is 1.29. The molecule has 15 heavy (non-hydrogen) atoms. The smallest absolute Gasteiger partial charge is 0.122 e. The van der Waals surface area contributed by atoms with Gasteiger partial charge in [-0.3, -0.25) is 4.98 Å². The Morgan fingerprint density at radius 3 is 3.00 bits per heavy atom. The average molecular weight is 206 g/mol. The fourth-order valence-electron chi connectivity index (χ4n) is 1.78. The molecule has 1 fully saturated rings. The zero-order valence-electron chi connectivity index (χ0n) is 8.98. The molecule has 0 spiro atoms. The minimum absolute atomic E-state index is 0.472. The van der Waals surface area contributed by atoms with E-state index in [9.17, 15) is 0 Å². The first-order valence-corrected chi connectivity index (χ1v) is 5.66. The maximum atomic E-state index is 5.66. The number of nitrogens with zero attached hydrogens (tertiary/aromatic N) is 1. The third-order valence-electron chi connectivity index (χ3n) is 3.02. The highest BCUT2D eigenvalue weighted by Gasteiger charge is 2.16. The standard InChI is InChI=1S/C12H18N2O/c13-9-11-8-12(4-6-14-11)15-7-5-10-2-1-3-10/h4,6,8,10H,1-3,5,7,9,13H2. The molecule has 1 aromatic rings. The third kappa shape index (κ3) is 2.93. The molecule has 0 saturated heterocycles. The second-order valence-electron chi connectivity index (χ2n) is 4.12. The average Bonchev–Trinajstić information content (AvgIpc) is 2.22. The summed E-state index contributed by atoms with van der Waals surface area (Å²) in [6.07, 6.45) is 7.10. The maximum absolute atomic E-state index is 5.66. The van der Waals surface area contributed by atoms with Gasteiger partial charge in [0.15, 0.2) is 0 Å². The van der Waals surface area contributed by atoms with Crippen LogP contribution in [0.4, 0.5) is 0 Å². The van der Waals surface area contributed by atoms with E-state index in [1.54, 1.807) is 6.20 Å². The Balaban J connectivity index is 1.76. The Bertz CT molecular complexity index is 310. The van der Waals surface area contributed by atoms with Crippen molar-refractivity contribution in [3.05, 3.63) is 24.0 Å². The lowest BCUT2D eigenvalue weighted by Gasteiger charge is -2.24. The summed E-state index contributed by atoms with van der Waals surface area (Å²) in [5, 5.41) is 0. The highest BCUT2D eigenvalue weighted by atomic mass is 16.5. The van der Waals surface area contributed by atoms with Gasteiger partial charge in [-0.25, -0.2) is 0 Å². The molecule has 0 radical (unpaired) electrons. The van der Waals surface area contributed by atoms with Crippen LogP contribution in [0.3, 0.4) is 0 Å². The van der Waals surface area contributed by atoms with Crippen LogP contribution in [-0.2, 0) is 6.54 Å². The van der Waals surface area contributed by atoms with Crippen LogP contribution < -0.4 is 10.5 Å². The van der Waals surface area contributed by atoms with Crippen LogP contribution >= 0.6 is 0 Å². The molecule has 82 valence electrons. The van der Waals surface area contributed by atoms with Crippen LogP contribution in [-0.4, -0.2) is 11.6 Å². The molecule has 1 aromatic heterocycles. The molecule has 2 N–H and O–H groups in total. The van der Waals surface area contributed by atoms with Crippen molar-refractivity contribution in [3.8, 4) is 5.75 Å². The number of aromatic nitrogens is 1. The van der Waals surface area contributed by atoms with Gasteiger partial charge in [-0.05, 0) is 18.4 Å². The van der Waals surface area contributed by atoms with E-state index in [-0.39, 0.29) is 0 Å². The first kappa shape index (κ1) is 10.4. The molecule has 0 atom stereocenters. The molecule has 0 unspecified atom stereocenters. The van der Waals surface area contributed by atoms with E-state index in [2.05, 4.69) is 4.98 Å². The molecule has 0 bridgehead atoms. The van der Waals surface area contributed by atoms with Crippen LogP contribution in [0.2, 0.25) is 0 Å². The van der Waals surface area contributed by atoms with Gasteiger partial charge in [0.25, 0.3) is 0 Å². The van der Waals surface area contributed by atoms with Crippen LogP contribution in [0.5, 0.6) is 5.75 Å². The molecule has 1 aliphatic carbocycles. The zero-order valence-corrected chi connectivity index (χ0v) is 8.98. The molecule has 0 amide bonds. The van der Waals surface area contributed by atoms with Gasteiger partial charge in [0.1, 0.15) is 5.75 Å². The summed E-state index contributed by atoms with van der Waals surface area (Å²) in [7, 11) is 0. The van der Waals surface area contributed by atoms with Crippen LogP contribution in [0.15, 0.2) is 18.3 Å². The highest BCUT2D eigenvalue weighted by molar-refractivity contribution is 5.22. The fraction of sp³-hybridized carbons (Fsp3) is 0.583. The van der Waals surface area contributed by atoms with E-state index >= 15 is 0 Å². The summed E-state index contributed by atoms with van der Waals surface area (Å²) >= 11 is 0. The van der Waals surface area contributed by atoms with Gasteiger partial charge < -0.3 is 10.5 Å². The van der Waals surface area contributed by atoms with E-state index in [0.717, 1.165) is 24.0 Å². The molecule has 0 aromatic carbocycles. The van der Waals surface area contributed by atoms with Gasteiger partial charge in [0, 0.05) is 18.8 Å². The van der Waals surface area contributed by atoms with Gasteiger partial charge in [-0.1, -0.05) is 19.3 Å². The molecule has 3 heteroatoms. The van der Waals surface area contributed by atoms with Crippen molar-refractivity contribution in [2.75, 3.05) is 6.61 Å². The molecular weight excluding hydrogens is 188 g/mol. The molecule has 0 aliphatic heterocycles. The number of ether oxygens (including phenoxy) is 1. The Hall–Kier alpha value is -1.09. The lowest BCUT2D eigenvalue weighted by Crippen LogP contribution is -2.14. The van der Waals surface area contributed by atoms with Crippen molar-refractivity contribution >= 4 is 0 Å². The van der Waals surface area contributed by atoms with Crippen LogP contribution in [0, 0.1) is 5.92 Å². The predicted octanol–water partition coefficient (Wildman–Crippen LogP) is 2.11. The number of pyridine rings is 1. The fourth-order valence-corrected chi connectivity index (χ4v) is 1.78. The van der Waals surface area contributed by atoms with Crippen molar-refractivity contribution in [2.45, 2.75) is 32.2 Å². The molecule has 1 saturated carbocycles. The SMILES string of the molecule is NCc1cc(OCCC2CCC2)ccn1. The van der Waals surface area contributed by atoms with Crippen molar-refractivity contribution in [2.24, 2.45) is 11.7 Å². The van der Waals surface area contributed by atoms with Crippen molar-refractivity contribution < 1.29 is 4.74 Å². The second-order valence-corrected chi connectivity index (χ2v) is 4.12. The Morgan fingerprint density at radius 2 is 2.33 bits per heavy atom. The summed E-state index contributed by atoms with van der Waals surface area (Å²) in [6, 6.07) is 3.81. The second kappa shape index (κ2) is 5.12. The minimum atomic E-state index is 0.472. The van der Waals surface area contributed by atoms with E-state index in [4.69, 9.17) is 10.5 Å². The number of rotatable bonds is 5. The molecule has 1 aliphatic rings. The van der Waals surface area contributed by atoms with E-state index in [1.165, 1.54) is 25.7 Å². The molecule has 1 heterocycles. The first-order valence-electron chi connectivity index (χ1n) is 5.66. The molecule has 2 rings (SSSR count). The third-order valence-corrected chi connectivity index (χ3v) is 3.02. The molecular formula is C12H18N2O. The summed E-state index contributed by atoms with van der Waals surface area (Å²) < 4.78 is 5.66. The van der Waals surface area contributed by atoms with E-state index in [1.807, 2.05) is 12.1 Å². The summed E-state index contributed by atoms with van der Waals surface area (Å²) in [5.41, 5.74) is 6.39. The van der Waals surface area contributed by atoms with Gasteiger partial charge in [0.05, 0.1) is 12.3 Å². The highest BCUT2D eigenvalue weighted by Crippen LogP contribution is 2.29. The van der Waals surface area contributed by atoms with Crippen molar-refractivity contribution in [1.82, 2.24) is 4.98 Å². The quantitative estimate of drug-likeness (QED) is 0.802. The Kier molecular flexibility index (Phi) is 3.56. The van der Waals surface area contributed by atoms with Crippen LogP contribution in [0.25, 0.3) is 0 Å². The largest absolute Gasteiger partial charge is 0.493 e. The predicted molar refractivity (Wildman–Crippen MR) is 59.6 cm³/mol. The lowest BCUT2D eigenvalue weighted by molar-refractivity contribution is 0.222. The van der Waals surface area contributed by atoms with Gasteiger partial charge in [-0.2, -0.15) is 0 Å². The minimum Gasteiger partial charge on any atom is -0.493 e. The van der Waals surface area contributed by atoms with Crippen molar-refractivity contribution in [1.29, 1.82) is 0 Å².